The van der Waals surface area contributed by atoms with Gasteiger partial charge in [-0.1, -0.05) is 18.6 Å². The summed E-state index contributed by atoms with van der Waals surface area (Å²) in [5.41, 5.74) is 0.473. The molecule has 126 valence electrons. The van der Waals surface area contributed by atoms with Crippen molar-refractivity contribution in [1.82, 2.24) is 0 Å². The maximum absolute atomic E-state index is 12.2. The van der Waals surface area contributed by atoms with Crippen LogP contribution in [0.25, 0.3) is 6.08 Å². The molecular weight excluding hydrogens is 312 g/mol. The normalized spacial score (nSPS) is 19.5. The van der Waals surface area contributed by atoms with Crippen molar-refractivity contribution < 1.29 is 28.6 Å². The number of hydrogen-bond acceptors (Lipinski definition) is 6. The molecule has 0 bridgehead atoms. The molecule has 1 saturated heterocycles. The second-order valence-electron chi connectivity index (χ2n) is 5.97. The van der Waals surface area contributed by atoms with Crippen LogP contribution in [0.3, 0.4) is 0 Å². The highest BCUT2D eigenvalue weighted by Gasteiger charge is 2.46. The molecule has 1 saturated carbocycles. The van der Waals surface area contributed by atoms with Crippen molar-refractivity contribution in [3.8, 4) is 5.75 Å². The first kappa shape index (κ1) is 16.2. The van der Waals surface area contributed by atoms with Crippen LogP contribution in [0.5, 0.6) is 5.75 Å². The molecule has 1 spiro atoms. The predicted molar refractivity (Wildman–Crippen MR) is 83.7 cm³/mol. The van der Waals surface area contributed by atoms with Gasteiger partial charge in [-0.3, -0.25) is 4.79 Å². The summed E-state index contributed by atoms with van der Waals surface area (Å²) in [6, 6.07) is 6.43. The van der Waals surface area contributed by atoms with Gasteiger partial charge >= 0.3 is 17.9 Å². The summed E-state index contributed by atoms with van der Waals surface area (Å²) in [5.74, 6) is -2.42. The van der Waals surface area contributed by atoms with E-state index in [4.69, 9.17) is 14.2 Å². The molecule has 0 N–H and O–H groups in total. The fraction of sp³-hybridized carbons (Fsp3) is 0.389. The maximum Gasteiger partial charge on any atom is 0.348 e. The fourth-order valence-electron chi connectivity index (χ4n) is 2.93. The third-order valence-corrected chi connectivity index (χ3v) is 4.07. The van der Waals surface area contributed by atoms with E-state index in [-0.39, 0.29) is 5.57 Å². The Bertz CT molecular complexity index is 673. The first-order chi connectivity index (χ1) is 11.5. The lowest BCUT2D eigenvalue weighted by atomic mass is 9.93. The molecule has 0 radical (unpaired) electrons. The van der Waals surface area contributed by atoms with Crippen molar-refractivity contribution in [3.05, 3.63) is 35.4 Å². The zero-order valence-corrected chi connectivity index (χ0v) is 13.4. The quantitative estimate of drug-likeness (QED) is 0.359. The Morgan fingerprint density at radius 3 is 2.17 bits per heavy atom. The number of benzene rings is 1. The molecule has 1 aromatic rings. The van der Waals surface area contributed by atoms with E-state index in [1.807, 2.05) is 0 Å². The number of hydrogen-bond donors (Lipinski definition) is 0. The maximum atomic E-state index is 12.2. The summed E-state index contributed by atoms with van der Waals surface area (Å²) < 4.78 is 15.8. The number of carbonyl (C=O) groups is 3. The molecule has 6 nitrogen and oxygen atoms in total. The monoisotopic (exact) mass is 330 g/mol. The predicted octanol–water partition coefficient (Wildman–Crippen LogP) is 2.76. The lowest BCUT2D eigenvalue weighted by Crippen LogP contribution is -2.47. The van der Waals surface area contributed by atoms with E-state index >= 15 is 0 Å². The third kappa shape index (κ3) is 3.48. The van der Waals surface area contributed by atoms with Crippen LogP contribution >= 0.6 is 0 Å². The van der Waals surface area contributed by atoms with Crippen molar-refractivity contribution in [2.75, 3.05) is 0 Å². The minimum atomic E-state index is -1.08. The molecule has 2 aliphatic rings. The molecule has 0 amide bonds. The average Bonchev–Trinajstić information content (AvgIpc) is 2.53. The minimum absolute atomic E-state index is 0.133. The van der Waals surface area contributed by atoms with Gasteiger partial charge in [0.2, 0.25) is 0 Å². The van der Waals surface area contributed by atoms with Crippen molar-refractivity contribution in [3.63, 3.8) is 0 Å². The zero-order chi connectivity index (χ0) is 17.2. The molecule has 3 rings (SSSR count). The van der Waals surface area contributed by atoms with Gasteiger partial charge in [0.15, 0.2) is 0 Å². The topological polar surface area (TPSA) is 78.9 Å². The van der Waals surface area contributed by atoms with Gasteiger partial charge in [0.05, 0.1) is 0 Å². The van der Waals surface area contributed by atoms with Gasteiger partial charge < -0.3 is 14.2 Å². The van der Waals surface area contributed by atoms with Gasteiger partial charge in [0.25, 0.3) is 5.79 Å². The van der Waals surface area contributed by atoms with Crippen molar-refractivity contribution in [2.24, 2.45) is 0 Å². The Morgan fingerprint density at radius 2 is 1.62 bits per heavy atom. The number of rotatable bonds is 2. The lowest BCUT2D eigenvalue weighted by Gasteiger charge is -2.38. The van der Waals surface area contributed by atoms with E-state index in [2.05, 4.69) is 0 Å². The Labute approximate surface area is 139 Å². The van der Waals surface area contributed by atoms with Crippen molar-refractivity contribution >= 4 is 24.0 Å². The highest BCUT2D eigenvalue weighted by atomic mass is 16.7. The Hall–Kier alpha value is -2.63. The summed E-state index contributed by atoms with van der Waals surface area (Å²) in [5, 5.41) is 0. The highest BCUT2D eigenvalue weighted by molar-refractivity contribution is 6.18. The molecule has 2 fully saturated rings. The van der Waals surface area contributed by atoms with Crippen LogP contribution < -0.4 is 4.74 Å². The van der Waals surface area contributed by atoms with Gasteiger partial charge in [0, 0.05) is 19.8 Å². The highest BCUT2D eigenvalue weighted by Crippen LogP contribution is 2.37. The smallest absolute Gasteiger partial charge is 0.348 e. The SMILES string of the molecule is CC(=O)Oc1ccc(C=C2C(=O)OC3(CCCCC3)OC2=O)cc1. The van der Waals surface area contributed by atoms with E-state index in [1.54, 1.807) is 24.3 Å². The molecule has 1 aliphatic heterocycles. The Balaban J connectivity index is 1.76. The van der Waals surface area contributed by atoms with E-state index in [0.29, 0.717) is 24.2 Å². The van der Waals surface area contributed by atoms with Gasteiger partial charge in [-0.15, -0.1) is 0 Å². The van der Waals surface area contributed by atoms with E-state index in [0.717, 1.165) is 19.3 Å². The van der Waals surface area contributed by atoms with Crippen LogP contribution in [0.2, 0.25) is 0 Å². The molecule has 0 aromatic heterocycles. The van der Waals surface area contributed by atoms with Crippen molar-refractivity contribution in [2.45, 2.75) is 44.8 Å². The zero-order valence-electron chi connectivity index (χ0n) is 13.4. The molecule has 0 unspecified atom stereocenters. The van der Waals surface area contributed by atoms with E-state index in [1.165, 1.54) is 13.0 Å². The summed E-state index contributed by atoms with van der Waals surface area (Å²) >= 11 is 0. The van der Waals surface area contributed by atoms with Gasteiger partial charge in [0.1, 0.15) is 11.3 Å². The number of carbonyl (C=O) groups excluding carboxylic acids is 3. The first-order valence-corrected chi connectivity index (χ1v) is 7.94. The molecule has 1 heterocycles. The standard InChI is InChI=1S/C18H18O6/c1-12(19)22-14-7-5-13(6-8-14)11-15-16(20)23-18(24-17(15)21)9-3-2-4-10-18/h5-8,11H,2-4,9-10H2,1H3. The molecule has 1 aliphatic carbocycles. The summed E-state index contributed by atoms with van der Waals surface area (Å²) in [6.45, 7) is 1.31. The first-order valence-electron chi connectivity index (χ1n) is 7.94. The fourth-order valence-corrected chi connectivity index (χ4v) is 2.93. The second-order valence-corrected chi connectivity index (χ2v) is 5.97. The summed E-state index contributed by atoms with van der Waals surface area (Å²) in [6.07, 6.45) is 5.31. The van der Waals surface area contributed by atoms with E-state index in [9.17, 15) is 14.4 Å². The largest absolute Gasteiger partial charge is 0.427 e. The van der Waals surface area contributed by atoms with Gasteiger partial charge in [-0.25, -0.2) is 9.59 Å². The number of ether oxygens (including phenoxy) is 3. The van der Waals surface area contributed by atoms with E-state index < -0.39 is 23.7 Å². The lowest BCUT2D eigenvalue weighted by molar-refractivity contribution is -0.244. The molecule has 0 atom stereocenters. The summed E-state index contributed by atoms with van der Waals surface area (Å²) in [4.78, 5) is 35.4. The Kier molecular flexibility index (Phi) is 4.38. The minimum Gasteiger partial charge on any atom is -0.427 e. The summed E-state index contributed by atoms with van der Waals surface area (Å²) in [7, 11) is 0. The van der Waals surface area contributed by atoms with Crippen LogP contribution in [0.15, 0.2) is 29.8 Å². The van der Waals surface area contributed by atoms with Crippen molar-refractivity contribution in [1.29, 1.82) is 0 Å². The average molecular weight is 330 g/mol. The molecular formula is C18H18O6. The Morgan fingerprint density at radius 1 is 1.04 bits per heavy atom. The number of esters is 3. The molecule has 24 heavy (non-hydrogen) atoms. The van der Waals surface area contributed by atoms with Crippen LogP contribution in [0.4, 0.5) is 0 Å². The van der Waals surface area contributed by atoms with Gasteiger partial charge in [-0.2, -0.15) is 0 Å². The van der Waals surface area contributed by atoms with Crippen LogP contribution in [-0.4, -0.2) is 23.7 Å². The molecule has 6 heteroatoms. The van der Waals surface area contributed by atoms with Crippen LogP contribution in [-0.2, 0) is 23.9 Å². The third-order valence-electron chi connectivity index (χ3n) is 4.07. The van der Waals surface area contributed by atoms with Crippen LogP contribution in [0.1, 0.15) is 44.6 Å². The molecule has 1 aromatic carbocycles. The second kappa shape index (κ2) is 6.47. The van der Waals surface area contributed by atoms with Crippen LogP contribution in [0, 0.1) is 0 Å². The van der Waals surface area contributed by atoms with Gasteiger partial charge in [-0.05, 0) is 36.6 Å².